The first-order chi connectivity index (χ1) is 19.4. The van der Waals surface area contributed by atoms with E-state index in [-0.39, 0.29) is 13.2 Å². The van der Waals surface area contributed by atoms with Crippen molar-refractivity contribution in [2.24, 2.45) is 0 Å². The third-order valence-electron chi connectivity index (χ3n) is 6.31. The number of halogens is 2. The lowest BCUT2D eigenvalue weighted by Gasteiger charge is -2.29. The number of benzene rings is 3. The number of nitrogens with one attached hydrogen (secondary N) is 1. The maximum atomic E-state index is 13.7. The molecule has 0 bridgehead atoms. The zero-order valence-electron chi connectivity index (χ0n) is 22.1. The largest absolute Gasteiger partial charge is 0.488 e. The number of esters is 1. The molecule has 206 valence electrons. The van der Waals surface area contributed by atoms with Gasteiger partial charge in [0.25, 0.3) is 0 Å². The second-order valence-electron chi connectivity index (χ2n) is 9.20. The molecule has 4 aromatic rings. The van der Waals surface area contributed by atoms with Crippen LogP contribution in [0.1, 0.15) is 43.0 Å². The van der Waals surface area contributed by atoms with Crippen molar-refractivity contribution in [2.45, 2.75) is 44.7 Å². The van der Waals surface area contributed by atoms with Gasteiger partial charge in [0.2, 0.25) is 11.1 Å². The Morgan fingerprint density at radius 1 is 1.10 bits per heavy atom. The molecule has 1 N–H and O–H groups in total. The number of fused-ring (bicyclic) bond motifs is 1. The highest BCUT2D eigenvalue weighted by Crippen LogP contribution is 2.41. The summed E-state index contributed by atoms with van der Waals surface area (Å²) in [5.41, 5.74) is 3.58. The average molecular weight is 640 g/mol. The van der Waals surface area contributed by atoms with Crippen LogP contribution in [0.5, 0.6) is 5.75 Å². The van der Waals surface area contributed by atoms with Crippen molar-refractivity contribution in [3.05, 3.63) is 110 Å². The van der Waals surface area contributed by atoms with Crippen molar-refractivity contribution in [3.8, 4) is 5.75 Å². The summed E-state index contributed by atoms with van der Waals surface area (Å²) in [6, 6.07) is 22.3. The van der Waals surface area contributed by atoms with Crippen molar-refractivity contribution < 1.29 is 14.3 Å². The standard InChI is InChI=1S/C30H28BrClN4O3S/c1-3-15-40-30-34-29-33-19(2)26(28(37)39-17-20-9-5-4-6-10-20)27(36(29)35-30)23-16-22(31)13-14-25(23)38-18-21-11-7-8-12-24(21)32/h4-14,16,27H,3,15,17-18H2,1-2H3,(H,33,34,35). The molecule has 0 saturated heterocycles. The summed E-state index contributed by atoms with van der Waals surface area (Å²) in [5.74, 6) is 1.59. The van der Waals surface area contributed by atoms with E-state index in [0.717, 1.165) is 33.3 Å². The number of rotatable bonds is 10. The summed E-state index contributed by atoms with van der Waals surface area (Å²) in [6.45, 7) is 4.38. The number of aromatic nitrogens is 3. The Kier molecular flexibility index (Phi) is 9.14. The van der Waals surface area contributed by atoms with Crippen LogP contribution in [0.15, 0.2) is 93.7 Å². The number of thioether (sulfide) groups is 1. The molecule has 0 spiro atoms. The number of allylic oxidation sites excluding steroid dienone is 1. The first kappa shape index (κ1) is 28.3. The van der Waals surface area contributed by atoms with Crippen LogP contribution in [0.4, 0.5) is 5.95 Å². The molecule has 10 heteroatoms. The lowest BCUT2D eigenvalue weighted by atomic mass is 9.95. The molecule has 3 aromatic carbocycles. The average Bonchev–Trinajstić information content (AvgIpc) is 3.37. The Hall–Kier alpha value is -3.27. The summed E-state index contributed by atoms with van der Waals surface area (Å²) in [6.07, 6.45) is 0.991. The second kappa shape index (κ2) is 12.9. The molecule has 2 heterocycles. The smallest absolute Gasteiger partial charge is 0.338 e. The Morgan fingerprint density at radius 3 is 2.65 bits per heavy atom. The highest BCUT2D eigenvalue weighted by atomic mass is 79.9. The van der Waals surface area contributed by atoms with Crippen LogP contribution in [0.3, 0.4) is 0 Å². The molecule has 7 nitrogen and oxygen atoms in total. The van der Waals surface area contributed by atoms with Crippen LogP contribution in [0.25, 0.3) is 0 Å². The van der Waals surface area contributed by atoms with Crippen LogP contribution in [-0.2, 0) is 22.7 Å². The Bertz CT molecular complexity index is 1540. The van der Waals surface area contributed by atoms with E-state index in [1.54, 1.807) is 16.4 Å². The second-order valence-corrected chi connectivity index (χ2v) is 11.6. The molecule has 0 radical (unpaired) electrons. The normalized spacial score (nSPS) is 14.4. The summed E-state index contributed by atoms with van der Waals surface area (Å²) < 4.78 is 14.7. The molecule has 0 fully saturated rings. The minimum Gasteiger partial charge on any atom is -0.488 e. The molecule has 0 amide bonds. The maximum absolute atomic E-state index is 13.7. The van der Waals surface area contributed by atoms with E-state index in [9.17, 15) is 4.79 Å². The number of hydrogen-bond acceptors (Lipinski definition) is 7. The van der Waals surface area contributed by atoms with E-state index < -0.39 is 12.0 Å². The molecule has 1 aliphatic rings. The van der Waals surface area contributed by atoms with Crippen LogP contribution < -0.4 is 10.1 Å². The SMILES string of the molecule is CCCSc1nc2n(n1)C(c1cc(Br)ccc1OCc1ccccc1Cl)C(C(=O)OCc1ccccc1)=C(C)N2. The zero-order chi connectivity index (χ0) is 28.1. The quantitative estimate of drug-likeness (QED) is 0.140. The van der Waals surface area contributed by atoms with E-state index >= 15 is 0 Å². The van der Waals surface area contributed by atoms with Crippen molar-refractivity contribution in [3.63, 3.8) is 0 Å². The molecule has 0 aliphatic carbocycles. The van der Waals surface area contributed by atoms with Gasteiger partial charge in [-0.2, -0.15) is 4.98 Å². The minimum absolute atomic E-state index is 0.152. The van der Waals surface area contributed by atoms with Crippen LogP contribution in [0.2, 0.25) is 5.02 Å². The molecule has 0 saturated carbocycles. The third-order valence-corrected chi connectivity index (χ3v) is 8.21. The number of nitrogens with zero attached hydrogens (tertiary/aromatic N) is 3. The lowest BCUT2D eigenvalue weighted by molar-refractivity contribution is -0.140. The van der Waals surface area contributed by atoms with Gasteiger partial charge in [0.1, 0.15) is 25.0 Å². The molecule has 1 unspecified atom stereocenters. The molecule has 40 heavy (non-hydrogen) atoms. The van der Waals surface area contributed by atoms with E-state index in [0.29, 0.717) is 33.1 Å². The van der Waals surface area contributed by atoms with Crippen LogP contribution >= 0.6 is 39.3 Å². The van der Waals surface area contributed by atoms with Crippen LogP contribution in [0, 0.1) is 0 Å². The highest BCUT2D eigenvalue weighted by Gasteiger charge is 2.37. The molecule has 5 rings (SSSR count). The Morgan fingerprint density at radius 2 is 1.88 bits per heavy atom. The number of carbonyl (C=O) groups is 1. The molecule has 1 atom stereocenters. The van der Waals surface area contributed by atoms with Gasteiger partial charge in [-0.15, -0.1) is 5.10 Å². The molecule has 1 aromatic heterocycles. The van der Waals surface area contributed by atoms with Crippen molar-refractivity contribution in [2.75, 3.05) is 11.1 Å². The van der Waals surface area contributed by atoms with Crippen molar-refractivity contribution in [1.29, 1.82) is 0 Å². The first-order valence-corrected chi connectivity index (χ1v) is 15.0. The number of hydrogen-bond donors (Lipinski definition) is 1. The summed E-state index contributed by atoms with van der Waals surface area (Å²) >= 11 is 11.6. The summed E-state index contributed by atoms with van der Waals surface area (Å²) in [4.78, 5) is 18.4. The van der Waals surface area contributed by atoms with E-state index in [2.05, 4.69) is 28.2 Å². The van der Waals surface area contributed by atoms with Gasteiger partial charge >= 0.3 is 5.97 Å². The molecular formula is C30H28BrClN4O3S. The van der Waals surface area contributed by atoms with Gasteiger partial charge in [-0.1, -0.05) is 94.7 Å². The summed E-state index contributed by atoms with van der Waals surface area (Å²) in [5, 5.41) is 9.34. The predicted molar refractivity (Wildman–Crippen MR) is 162 cm³/mol. The minimum atomic E-state index is -0.637. The fraction of sp³-hybridized carbons (Fsp3) is 0.233. The number of anilines is 1. The van der Waals surface area contributed by atoms with Gasteiger partial charge in [-0.25, -0.2) is 9.48 Å². The van der Waals surface area contributed by atoms with Gasteiger partial charge in [0.15, 0.2) is 0 Å². The maximum Gasteiger partial charge on any atom is 0.338 e. The zero-order valence-corrected chi connectivity index (χ0v) is 25.2. The van der Waals surface area contributed by atoms with E-state index in [4.69, 9.17) is 31.2 Å². The van der Waals surface area contributed by atoms with Crippen molar-refractivity contribution >= 4 is 51.2 Å². The highest BCUT2D eigenvalue weighted by molar-refractivity contribution is 9.10. The van der Waals surface area contributed by atoms with Gasteiger partial charge in [0, 0.05) is 32.1 Å². The Balaban J connectivity index is 1.54. The van der Waals surface area contributed by atoms with E-state index in [1.807, 2.05) is 79.7 Å². The predicted octanol–water partition coefficient (Wildman–Crippen LogP) is 7.81. The third kappa shape index (κ3) is 6.37. The van der Waals surface area contributed by atoms with Gasteiger partial charge < -0.3 is 14.8 Å². The topological polar surface area (TPSA) is 78.3 Å². The number of ether oxygens (including phenoxy) is 2. The lowest BCUT2D eigenvalue weighted by Crippen LogP contribution is -2.30. The first-order valence-electron chi connectivity index (χ1n) is 12.9. The number of carbonyl (C=O) groups excluding carboxylic acids is 1. The van der Waals surface area contributed by atoms with Gasteiger partial charge in [-0.05, 0) is 43.2 Å². The fourth-order valence-electron chi connectivity index (χ4n) is 4.37. The molecular weight excluding hydrogens is 612 g/mol. The van der Waals surface area contributed by atoms with Crippen LogP contribution in [-0.4, -0.2) is 26.5 Å². The monoisotopic (exact) mass is 638 g/mol. The summed E-state index contributed by atoms with van der Waals surface area (Å²) in [7, 11) is 0. The van der Waals surface area contributed by atoms with Crippen molar-refractivity contribution in [1.82, 2.24) is 14.8 Å². The van der Waals surface area contributed by atoms with Gasteiger partial charge in [-0.3, -0.25) is 0 Å². The Labute approximate surface area is 251 Å². The van der Waals surface area contributed by atoms with E-state index in [1.165, 1.54) is 0 Å². The molecule has 1 aliphatic heterocycles. The van der Waals surface area contributed by atoms with Gasteiger partial charge in [0.05, 0.1) is 5.57 Å². The fourth-order valence-corrected chi connectivity index (χ4v) is 5.63.